The number of carbonyl (C=O) groups is 1. The number of hydroxylamine groups is 2. The first-order chi connectivity index (χ1) is 7.26. The van der Waals surface area contributed by atoms with Gasteiger partial charge in [-0.3, -0.25) is 4.84 Å². The molecule has 0 bridgehead atoms. The first-order valence-corrected chi connectivity index (χ1v) is 5.94. The summed E-state index contributed by atoms with van der Waals surface area (Å²) >= 11 is 0. The fourth-order valence-electron chi connectivity index (χ4n) is 1.14. The van der Waals surface area contributed by atoms with Gasteiger partial charge < -0.3 is 5.32 Å². The maximum Gasteiger partial charge on any atom is 0.341 e. The van der Waals surface area contributed by atoms with E-state index in [1.54, 1.807) is 0 Å². The van der Waals surface area contributed by atoms with E-state index < -0.39 is 0 Å². The van der Waals surface area contributed by atoms with Crippen molar-refractivity contribution in [3.05, 3.63) is 0 Å². The fraction of sp³-hybridized carbons (Fsp3) is 0.909. The van der Waals surface area contributed by atoms with Crippen molar-refractivity contribution < 1.29 is 9.63 Å². The smallest absolute Gasteiger partial charge is 0.336 e. The highest BCUT2D eigenvalue weighted by Crippen LogP contribution is 1.97. The van der Waals surface area contributed by atoms with Crippen molar-refractivity contribution in [3.8, 4) is 0 Å². The predicted molar refractivity (Wildman–Crippen MR) is 61.5 cm³/mol. The van der Waals surface area contributed by atoms with E-state index in [-0.39, 0.29) is 6.03 Å². The number of nitrogens with zero attached hydrogens (tertiary/aromatic N) is 1. The fourth-order valence-corrected chi connectivity index (χ4v) is 1.14. The van der Waals surface area contributed by atoms with Gasteiger partial charge in [-0.15, -0.1) is 0 Å². The Morgan fingerprint density at radius 3 is 2.40 bits per heavy atom. The minimum absolute atomic E-state index is 0.112. The van der Waals surface area contributed by atoms with E-state index in [1.165, 1.54) is 5.06 Å². The van der Waals surface area contributed by atoms with E-state index >= 15 is 0 Å². The van der Waals surface area contributed by atoms with E-state index in [9.17, 15) is 4.79 Å². The number of hydrogen-bond donors (Lipinski definition) is 1. The average molecular weight is 216 g/mol. The molecule has 0 spiro atoms. The van der Waals surface area contributed by atoms with Gasteiger partial charge in [-0.2, -0.15) is 0 Å². The number of amides is 2. The topological polar surface area (TPSA) is 41.6 Å². The molecule has 0 aromatic rings. The Balaban J connectivity index is 3.81. The lowest BCUT2D eigenvalue weighted by Gasteiger charge is -2.21. The molecular weight excluding hydrogens is 192 g/mol. The first-order valence-electron chi connectivity index (χ1n) is 5.94. The van der Waals surface area contributed by atoms with Crippen molar-refractivity contribution in [1.82, 2.24) is 10.4 Å². The van der Waals surface area contributed by atoms with Gasteiger partial charge in [0, 0.05) is 6.54 Å². The van der Waals surface area contributed by atoms with Crippen LogP contribution in [0.25, 0.3) is 0 Å². The molecule has 0 aliphatic carbocycles. The summed E-state index contributed by atoms with van der Waals surface area (Å²) in [4.78, 5) is 16.9. The van der Waals surface area contributed by atoms with Gasteiger partial charge in [0.15, 0.2) is 0 Å². The number of urea groups is 1. The molecule has 15 heavy (non-hydrogen) atoms. The van der Waals surface area contributed by atoms with Crippen LogP contribution in [-0.2, 0) is 4.84 Å². The standard InChI is InChI=1S/C11H24N2O2/c1-4-7-9-12-11(14)13(15-6-3)10-8-5-2/h4-10H2,1-3H3,(H,12,14). The third-order valence-corrected chi connectivity index (χ3v) is 2.03. The SMILES string of the molecule is CCCCNC(=O)N(CCCC)OCC. The highest BCUT2D eigenvalue weighted by Gasteiger charge is 2.11. The zero-order valence-electron chi connectivity index (χ0n) is 10.2. The van der Waals surface area contributed by atoms with Crippen molar-refractivity contribution in [2.45, 2.75) is 46.5 Å². The lowest BCUT2D eigenvalue weighted by molar-refractivity contribution is -0.112. The van der Waals surface area contributed by atoms with Gasteiger partial charge in [0.25, 0.3) is 0 Å². The van der Waals surface area contributed by atoms with Gasteiger partial charge in [0.1, 0.15) is 0 Å². The van der Waals surface area contributed by atoms with Crippen LogP contribution in [0.1, 0.15) is 46.5 Å². The molecule has 0 saturated carbocycles. The van der Waals surface area contributed by atoms with Crippen LogP contribution < -0.4 is 5.32 Å². The van der Waals surface area contributed by atoms with E-state index in [0.717, 1.165) is 32.2 Å². The van der Waals surface area contributed by atoms with Crippen molar-refractivity contribution in [2.24, 2.45) is 0 Å². The third-order valence-electron chi connectivity index (χ3n) is 2.03. The maximum atomic E-state index is 11.6. The van der Waals surface area contributed by atoms with Gasteiger partial charge in [0.2, 0.25) is 0 Å². The molecule has 0 aromatic heterocycles. The lowest BCUT2D eigenvalue weighted by atomic mass is 10.3. The number of hydrogen-bond acceptors (Lipinski definition) is 2. The molecule has 0 aliphatic heterocycles. The zero-order chi connectivity index (χ0) is 11.5. The van der Waals surface area contributed by atoms with E-state index in [1.807, 2.05) is 6.92 Å². The summed E-state index contributed by atoms with van der Waals surface area (Å²) in [6, 6.07) is -0.112. The van der Waals surface area contributed by atoms with Crippen molar-refractivity contribution in [3.63, 3.8) is 0 Å². The molecule has 4 nitrogen and oxygen atoms in total. The molecular formula is C11H24N2O2. The van der Waals surface area contributed by atoms with Gasteiger partial charge in [0.05, 0.1) is 13.2 Å². The normalized spacial score (nSPS) is 10.1. The van der Waals surface area contributed by atoms with Gasteiger partial charge in [-0.05, 0) is 19.8 Å². The Morgan fingerprint density at radius 2 is 1.87 bits per heavy atom. The summed E-state index contributed by atoms with van der Waals surface area (Å²) in [6.45, 7) is 8.01. The Hall–Kier alpha value is -0.770. The molecule has 0 atom stereocenters. The lowest BCUT2D eigenvalue weighted by Crippen LogP contribution is -2.40. The molecule has 0 heterocycles. The molecule has 90 valence electrons. The molecule has 0 rings (SSSR count). The van der Waals surface area contributed by atoms with Crippen LogP contribution in [0.5, 0.6) is 0 Å². The average Bonchev–Trinajstić information content (AvgIpc) is 2.24. The summed E-state index contributed by atoms with van der Waals surface area (Å²) in [6.07, 6.45) is 4.14. The van der Waals surface area contributed by atoms with Crippen LogP contribution in [0.2, 0.25) is 0 Å². The second-order valence-electron chi connectivity index (χ2n) is 3.46. The molecule has 0 unspecified atom stereocenters. The summed E-state index contributed by atoms with van der Waals surface area (Å²) < 4.78 is 0. The Labute approximate surface area is 92.9 Å². The van der Waals surface area contributed by atoms with Crippen LogP contribution in [0, 0.1) is 0 Å². The molecule has 0 radical (unpaired) electrons. The van der Waals surface area contributed by atoms with Crippen LogP contribution in [-0.4, -0.2) is 30.8 Å². The summed E-state index contributed by atoms with van der Waals surface area (Å²) in [7, 11) is 0. The molecule has 0 aromatic carbocycles. The van der Waals surface area contributed by atoms with Gasteiger partial charge in [-0.1, -0.05) is 26.7 Å². The molecule has 4 heteroatoms. The van der Waals surface area contributed by atoms with E-state index in [2.05, 4.69) is 19.2 Å². The summed E-state index contributed by atoms with van der Waals surface area (Å²) in [5.74, 6) is 0. The largest absolute Gasteiger partial charge is 0.341 e. The highest BCUT2D eigenvalue weighted by molar-refractivity contribution is 5.72. The first kappa shape index (κ1) is 14.2. The second kappa shape index (κ2) is 9.77. The molecule has 1 N–H and O–H groups in total. The van der Waals surface area contributed by atoms with E-state index in [4.69, 9.17) is 4.84 Å². The Morgan fingerprint density at radius 1 is 1.20 bits per heavy atom. The van der Waals surface area contributed by atoms with Crippen LogP contribution in [0.3, 0.4) is 0 Å². The van der Waals surface area contributed by atoms with Crippen LogP contribution in [0.15, 0.2) is 0 Å². The summed E-state index contributed by atoms with van der Waals surface area (Å²) in [5.41, 5.74) is 0. The maximum absolute atomic E-state index is 11.6. The quantitative estimate of drug-likeness (QED) is 0.500. The Bertz CT molecular complexity index is 163. The van der Waals surface area contributed by atoms with Gasteiger partial charge >= 0.3 is 6.03 Å². The molecule has 2 amide bonds. The minimum Gasteiger partial charge on any atom is -0.336 e. The minimum atomic E-state index is -0.112. The number of unbranched alkanes of at least 4 members (excludes halogenated alkanes) is 2. The summed E-state index contributed by atoms with van der Waals surface area (Å²) in [5, 5.41) is 4.27. The van der Waals surface area contributed by atoms with Crippen molar-refractivity contribution in [1.29, 1.82) is 0 Å². The predicted octanol–water partition coefficient (Wildman–Crippen LogP) is 2.55. The van der Waals surface area contributed by atoms with Crippen LogP contribution >= 0.6 is 0 Å². The molecule has 0 saturated heterocycles. The van der Waals surface area contributed by atoms with Crippen molar-refractivity contribution >= 4 is 6.03 Å². The zero-order valence-corrected chi connectivity index (χ0v) is 10.2. The van der Waals surface area contributed by atoms with Crippen molar-refractivity contribution in [2.75, 3.05) is 19.7 Å². The molecule has 0 fully saturated rings. The van der Waals surface area contributed by atoms with Gasteiger partial charge in [-0.25, -0.2) is 9.86 Å². The molecule has 0 aliphatic rings. The number of carbonyl (C=O) groups excluding carboxylic acids is 1. The van der Waals surface area contributed by atoms with E-state index in [0.29, 0.717) is 13.2 Å². The monoisotopic (exact) mass is 216 g/mol. The Kier molecular flexibility index (Phi) is 9.27. The van der Waals surface area contributed by atoms with Crippen LogP contribution in [0.4, 0.5) is 4.79 Å². The number of rotatable bonds is 8. The highest BCUT2D eigenvalue weighted by atomic mass is 16.7. The second-order valence-corrected chi connectivity index (χ2v) is 3.46. The third kappa shape index (κ3) is 7.19. The number of nitrogens with one attached hydrogen (secondary N) is 1.